The lowest BCUT2D eigenvalue weighted by atomic mass is 10.2. The van der Waals surface area contributed by atoms with Crippen molar-refractivity contribution in [2.45, 2.75) is 11.4 Å². The molecule has 0 atom stereocenters. The van der Waals surface area contributed by atoms with Gasteiger partial charge in [0.2, 0.25) is 0 Å². The van der Waals surface area contributed by atoms with Crippen LogP contribution >= 0.6 is 11.8 Å². The first kappa shape index (κ1) is 19.2. The zero-order valence-corrected chi connectivity index (χ0v) is 17.6. The second-order valence-electron chi connectivity index (χ2n) is 7.63. The molecule has 0 spiro atoms. The Kier molecular flexibility index (Phi) is 5.46. The van der Waals surface area contributed by atoms with Crippen LogP contribution in [0.1, 0.15) is 12.1 Å². The molecule has 4 heterocycles. The van der Waals surface area contributed by atoms with E-state index >= 15 is 0 Å². The number of anilines is 1. The average molecular weight is 420 g/mol. The number of benzene rings is 1. The fraction of sp³-hybridized carbons (Fsp3) is 0.304. The van der Waals surface area contributed by atoms with E-state index in [9.17, 15) is 4.79 Å². The highest BCUT2D eigenvalue weighted by atomic mass is 32.2. The van der Waals surface area contributed by atoms with Gasteiger partial charge in [-0.3, -0.25) is 14.1 Å². The van der Waals surface area contributed by atoms with Crippen molar-refractivity contribution >= 4 is 35.1 Å². The van der Waals surface area contributed by atoms with Crippen LogP contribution in [0.3, 0.4) is 0 Å². The molecule has 154 valence electrons. The van der Waals surface area contributed by atoms with Crippen LogP contribution in [-0.2, 0) is 4.79 Å². The smallest absolute Gasteiger partial charge is 0.258 e. The summed E-state index contributed by atoms with van der Waals surface area (Å²) in [7, 11) is 0. The number of amides is 1. The molecule has 1 N–H and O–H groups in total. The Bertz CT molecular complexity index is 1070. The molecule has 0 saturated carbocycles. The van der Waals surface area contributed by atoms with Crippen molar-refractivity contribution in [3.05, 3.63) is 65.3 Å². The number of hydrogen-bond acceptors (Lipinski definition) is 5. The summed E-state index contributed by atoms with van der Waals surface area (Å²) in [5.41, 5.74) is 3.18. The van der Waals surface area contributed by atoms with Gasteiger partial charge in [0.15, 0.2) is 0 Å². The van der Waals surface area contributed by atoms with Gasteiger partial charge in [-0.25, -0.2) is 4.98 Å². The third kappa shape index (κ3) is 3.95. The molecule has 3 aromatic rings. The number of pyridine rings is 1. The van der Waals surface area contributed by atoms with Gasteiger partial charge in [-0.15, -0.1) is 0 Å². The molecular weight excluding hydrogens is 394 g/mol. The standard InChI is InChI=1S/C23H25N5OS/c29-23(20-16-19-17-25-21-8-4-9-22(30-20)28(19)21)24-10-5-11-26-12-14-27(15-13-26)18-6-2-1-3-7-18/h1-4,6-9,16-17H,5,10-15H2,(H,24,29). The Balaban J connectivity index is 1.07. The minimum absolute atomic E-state index is 0.00153. The monoisotopic (exact) mass is 419 g/mol. The SMILES string of the molecule is O=C(NCCCN1CCN(c2ccccc2)CC1)C1=Cc2cnc3cccc(n23)S1. The van der Waals surface area contributed by atoms with Gasteiger partial charge >= 0.3 is 0 Å². The molecule has 1 saturated heterocycles. The fourth-order valence-corrected chi connectivity index (χ4v) is 5.07. The molecule has 2 aromatic heterocycles. The lowest BCUT2D eigenvalue weighted by Crippen LogP contribution is -2.47. The van der Waals surface area contributed by atoms with E-state index in [1.54, 1.807) is 0 Å². The van der Waals surface area contributed by atoms with Crippen LogP contribution in [0.5, 0.6) is 0 Å². The predicted octanol–water partition coefficient (Wildman–Crippen LogP) is 3.11. The van der Waals surface area contributed by atoms with Gasteiger partial charge in [0, 0.05) is 38.4 Å². The van der Waals surface area contributed by atoms with Crippen LogP contribution in [0.2, 0.25) is 0 Å². The normalized spacial score (nSPS) is 16.5. The minimum Gasteiger partial charge on any atom is -0.369 e. The largest absolute Gasteiger partial charge is 0.369 e. The third-order valence-corrected chi connectivity index (χ3v) is 6.72. The van der Waals surface area contributed by atoms with Crippen molar-refractivity contribution in [1.29, 1.82) is 0 Å². The van der Waals surface area contributed by atoms with Crippen LogP contribution in [0.15, 0.2) is 64.7 Å². The van der Waals surface area contributed by atoms with Crippen LogP contribution in [0.4, 0.5) is 5.69 Å². The zero-order chi connectivity index (χ0) is 20.3. The summed E-state index contributed by atoms with van der Waals surface area (Å²) >= 11 is 1.50. The maximum Gasteiger partial charge on any atom is 0.258 e. The van der Waals surface area contributed by atoms with Crippen molar-refractivity contribution in [2.75, 3.05) is 44.2 Å². The van der Waals surface area contributed by atoms with E-state index in [4.69, 9.17) is 0 Å². The molecule has 0 aliphatic carbocycles. The molecule has 1 fully saturated rings. The van der Waals surface area contributed by atoms with Gasteiger partial charge in [-0.05, 0) is 43.3 Å². The molecule has 0 unspecified atom stereocenters. The van der Waals surface area contributed by atoms with Gasteiger partial charge in [0.05, 0.1) is 21.8 Å². The van der Waals surface area contributed by atoms with E-state index < -0.39 is 0 Å². The maximum atomic E-state index is 12.6. The number of piperazine rings is 1. The van der Waals surface area contributed by atoms with Gasteiger partial charge < -0.3 is 10.2 Å². The van der Waals surface area contributed by atoms with Gasteiger partial charge in [-0.2, -0.15) is 0 Å². The first-order valence-electron chi connectivity index (χ1n) is 10.4. The van der Waals surface area contributed by atoms with E-state index in [0.717, 1.165) is 60.4 Å². The van der Waals surface area contributed by atoms with Gasteiger partial charge in [-0.1, -0.05) is 36.0 Å². The highest BCUT2D eigenvalue weighted by Gasteiger charge is 2.20. The molecule has 0 bridgehead atoms. The lowest BCUT2D eigenvalue weighted by molar-refractivity contribution is -0.116. The number of imidazole rings is 1. The zero-order valence-electron chi connectivity index (χ0n) is 16.8. The molecule has 6 nitrogen and oxygen atoms in total. The average Bonchev–Trinajstić information content (AvgIpc) is 3.22. The number of aromatic nitrogens is 2. The predicted molar refractivity (Wildman–Crippen MR) is 122 cm³/mol. The maximum absolute atomic E-state index is 12.6. The van der Waals surface area contributed by atoms with Crippen molar-refractivity contribution in [2.24, 2.45) is 0 Å². The number of carbonyl (C=O) groups is 1. The summed E-state index contributed by atoms with van der Waals surface area (Å²) in [4.78, 5) is 22.7. The number of thioether (sulfide) groups is 1. The molecule has 1 amide bonds. The Morgan fingerprint density at radius 2 is 1.87 bits per heavy atom. The highest BCUT2D eigenvalue weighted by Crippen LogP contribution is 2.34. The number of carbonyl (C=O) groups excluding carboxylic acids is 1. The van der Waals surface area contributed by atoms with Crippen LogP contribution < -0.4 is 10.2 Å². The number of hydrogen-bond donors (Lipinski definition) is 1. The number of nitrogens with zero attached hydrogens (tertiary/aromatic N) is 4. The van der Waals surface area contributed by atoms with Crippen LogP contribution in [0, 0.1) is 0 Å². The summed E-state index contributed by atoms with van der Waals surface area (Å²) in [5.74, 6) is -0.00153. The Labute approximate surface area is 180 Å². The van der Waals surface area contributed by atoms with Crippen molar-refractivity contribution in [3.8, 4) is 0 Å². The van der Waals surface area contributed by atoms with E-state index in [1.165, 1.54) is 17.4 Å². The van der Waals surface area contributed by atoms with E-state index in [2.05, 4.69) is 54.8 Å². The Morgan fingerprint density at radius 1 is 1.03 bits per heavy atom. The fourth-order valence-electron chi connectivity index (χ4n) is 4.06. The Morgan fingerprint density at radius 3 is 2.70 bits per heavy atom. The number of para-hydroxylation sites is 1. The van der Waals surface area contributed by atoms with Crippen molar-refractivity contribution < 1.29 is 4.79 Å². The van der Waals surface area contributed by atoms with Crippen molar-refractivity contribution in [1.82, 2.24) is 19.6 Å². The highest BCUT2D eigenvalue weighted by molar-refractivity contribution is 8.04. The molecule has 0 radical (unpaired) electrons. The molecule has 30 heavy (non-hydrogen) atoms. The quantitative estimate of drug-likeness (QED) is 0.622. The third-order valence-electron chi connectivity index (χ3n) is 5.67. The second kappa shape index (κ2) is 8.53. The first-order valence-corrected chi connectivity index (χ1v) is 11.3. The summed E-state index contributed by atoms with van der Waals surface area (Å²) in [6.07, 6.45) is 4.71. The second-order valence-corrected chi connectivity index (χ2v) is 8.69. The lowest BCUT2D eigenvalue weighted by Gasteiger charge is -2.36. The van der Waals surface area contributed by atoms with E-state index in [1.807, 2.05) is 30.5 Å². The molecule has 1 aromatic carbocycles. The summed E-state index contributed by atoms with van der Waals surface area (Å²) in [5, 5.41) is 4.12. The summed E-state index contributed by atoms with van der Waals surface area (Å²) < 4.78 is 2.08. The summed E-state index contributed by atoms with van der Waals surface area (Å²) in [6, 6.07) is 16.6. The Hall–Kier alpha value is -2.77. The molecule has 2 aliphatic rings. The molecule has 2 aliphatic heterocycles. The molecule has 7 heteroatoms. The first-order chi connectivity index (χ1) is 14.8. The van der Waals surface area contributed by atoms with Gasteiger partial charge in [0.25, 0.3) is 5.91 Å². The number of rotatable bonds is 6. The van der Waals surface area contributed by atoms with Gasteiger partial charge in [0.1, 0.15) is 5.65 Å². The number of nitrogens with one attached hydrogen (secondary N) is 1. The van der Waals surface area contributed by atoms with Crippen LogP contribution in [-0.4, -0.2) is 59.5 Å². The molecular formula is C23H25N5OS. The molecule has 5 rings (SSSR count). The van der Waals surface area contributed by atoms with Crippen molar-refractivity contribution in [3.63, 3.8) is 0 Å². The topological polar surface area (TPSA) is 52.9 Å². The van der Waals surface area contributed by atoms with E-state index in [-0.39, 0.29) is 5.91 Å². The summed E-state index contributed by atoms with van der Waals surface area (Å²) in [6.45, 7) is 5.95. The van der Waals surface area contributed by atoms with E-state index in [0.29, 0.717) is 6.54 Å². The minimum atomic E-state index is -0.00153. The van der Waals surface area contributed by atoms with Crippen LogP contribution in [0.25, 0.3) is 11.7 Å².